The Kier molecular flexibility index (Phi) is 4.15. The second-order valence-electron chi connectivity index (χ2n) is 6.22. The second-order valence-corrected chi connectivity index (χ2v) is 6.22. The van der Waals surface area contributed by atoms with Crippen LogP contribution in [0, 0.1) is 5.92 Å². The minimum absolute atomic E-state index is 0.319. The molecule has 21 heavy (non-hydrogen) atoms. The number of carbonyl (C=O) groups is 1. The van der Waals surface area contributed by atoms with Crippen LogP contribution in [0.1, 0.15) is 37.7 Å². The van der Waals surface area contributed by atoms with E-state index in [0.29, 0.717) is 12.0 Å². The molecule has 2 aliphatic rings. The van der Waals surface area contributed by atoms with E-state index < -0.39 is 5.97 Å². The van der Waals surface area contributed by atoms with E-state index in [1.54, 1.807) is 7.11 Å². The predicted molar refractivity (Wildman–Crippen MR) is 80.3 cm³/mol. The van der Waals surface area contributed by atoms with Gasteiger partial charge in [0.05, 0.1) is 7.11 Å². The van der Waals surface area contributed by atoms with Crippen molar-refractivity contribution in [2.24, 2.45) is 5.92 Å². The SMILES string of the molecule is COc1ccc(CN2C(C(=O)O)CC3CCCCC32)cc1. The minimum atomic E-state index is -0.669. The first kappa shape index (κ1) is 14.4. The lowest BCUT2D eigenvalue weighted by Crippen LogP contribution is -2.41. The molecule has 1 saturated heterocycles. The zero-order valence-electron chi connectivity index (χ0n) is 12.5. The van der Waals surface area contributed by atoms with Gasteiger partial charge in [-0.15, -0.1) is 0 Å². The van der Waals surface area contributed by atoms with Crippen molar-refractivity contribution in [2.75, 3.05) is 7.11 Å². The van der Waals surface area contributed by atoms with E-state index >= 15 is 0 Å². The maximum atomic E-state index is 11.6. The normalized spacial score (nSPS) is 29.1. The standard InChI is InChI=1S/C17H23NO3/c1-21-14-8-6-12(7-9-14)11-18-15-5-3-2-4-13(15)10-16(18)17(19)20/h6-9,13,15-16H,2-5,10-11H2,1H3,(H,19,20). The summed E-state index contributed by atoms with van der Waals surface area (Å²) in [7, 11) is 1.66. The van der Waals surface area contributed by atoms with Crippen LogP contribution < -0.4 is 4.74 Å². The van der Waals surface area contributed by atoms with Crippen LogP contribution in [-0.2, 0) is 11.3 Å². The lowest BCUT2D eigenvalue weighted by molar-refractivity contribution is -0.142. The topological polar surface area (TPSA) is 49.8 Å². The van der Waals surface area contributed by atoms with Crippen LogP contribution in [0.3, 0.4) is 0 Å². The monoisotopic (exact) mass is 289 g/mol. The number of likely N-dealkylation sites (tertiary alicyclic amines) is 1. The minimum Gasteiger partial charge on any atom is -0.497 e. The molecule has 1 aromatic rings. The van der Waals surface area contributed by atoms with Gasteiger partial charge in [-0.25, -0.2) is 0 Å². The molecule has 1 aromatic carbocycles. The molecule has 0 aromatic heterocycles. The average Bonchev–Trinajstić information content (AvgIpc) is 2.87. The lowest BCUT2D eigenvalue weighted by atomic mass is 9.84. The number of fused-ring (bicyclic) bond motifs is 1. The van der Waals surface area contributed by atoms with Crippen LogP contribution in [0.15, 0.2) is 24.3 Å². The summed E-state index contributed by atoms with van der Waals surface area (Å²) in [5, 5.41) is 9.53. The first-order valence-electron chi connectivity index (χ1n) is 7.80. The van der Waals surface area contributed by atoms with Crippen LogP contribution in [0.2, 0.25) is 0 Å². The number of methoxy groups -OCH3 is 1. The Bertz CT molecular complexity index is 499. The second kappa shape index (κ2) is 6.06. The van der Waals surface area contributed by atoms with Crippen molar-refractivity contribution >= 4 is 5.97 Å². The Morgan fingerprint density at radius 1 is 1.29 bits per heavy atom. The number of carboxylic acids is 1. The molecule has 114 valence electrons. The number of benzene rings is 1. The summed E-state index contributed by atoms with van der Waals surface area (Å²) in [6.07, 6.45) is 5.63. The van der Waals surface area contributed by atoms with Crippen molar-refractivity contribution in [1.29, 1.82) is 0 Å². The summed E-state index contributed by atoms with van der Waals surface area (Å²) in [6, 6.07) is 8.09. The molecule has 1 saturated carbocycles. The maximum absolute atomic E-state index is 11.6. The van der Waals surface area contributed by atoms with Crippen molar-refractivity contribution < 1.29 is 14.6 Å². The van der Waals surface area contributed by atoms with Crippen LogP contribution in [0.4, 0.5) is 0 Å². The molecule has 1 aliphatic heterocycles. The van der Waals surface area contributed by atoms with Gasteiger partial charge < -0.3 is 9.84 Å². The summed E-state index contributed by atoms with van der Waals surface area (Å²) in [4.78, 5) is 13.8. The highest BCUT2D eigenvalue weighted by Crippen LogP contribution is 2.40. The molecule has 4 nitrogen and oxygen atoms in total. The Balaban J connectivity index is 1.77. The Hall–Kier alpha value is -1.55. The molecule has 1 heterocycles. The third-order valence-electron chi connectivity index (χ3n) is 5.03. The molecule has 4 heteroatoms. The van der Waals surface area contributed by atoms with Gasteiger partial charge in [0.15, 0.2) is 0 Å². The summed E-state index contributed by atoms with van der Waals surface area (Å²) >= 11 is 0. The third kappa shape index (κ3) is 2.91. The Labute approximate surface area is 125 Å². The smallest absolute Gasteiger partial charge is 0.320 e. The van der Waals surface area contributed by atoms with E-state index in [4.69, 9.17) is 4.74 Å². The fourth-order valence-electron chi connectivity index (χ4n) is 3.96. The maximum Gasteiger partial charge on any atom is 0.320 e. The number of ether oxygens (including phenoxy) is 1. The zero-order chi connectivity index (χ0) is 14.8. The number of carboxylic acid groups (broad SMARTS) is 1. The van der Waals surface area contributed by atoms with E-state index in [2.05, 4.69) is 4.90 Å². The summed E-state index contributed by atoms with van der Waals surface area (Å²) < 4.78 is 5.18. The number of rotatable bonds is 4. The number of hydrogen-bond donors (Lipinski definition) is 1. The molecular formula is C17H23NO3. The summed E-state index contributed by atoms with van der Waals surface area (Å²) in [6.45, 7) is 0.724. The van der Waals surface area contributed by atoms with Gasteiger partial charge in [0, 0.05) is 12.6 Å². The van der Waals surface area contributed by atoms with Gasteiger partial charge in [-0.2, -0.15) is 0 Å². The summed E-state index contributed by atoms with van der Waals surface area (Å²) in [5.41, 5.74) is 1.16. The first-order valence-corrected chi connectivity index (χ1v) is 7.80. The van der Waals surface area contributed by atoms with E-state index in [-0.39, 0.29) is 6.04 Å². The Morgan fingerprint density at radius 3 is 2.67 bits per heavy atom. The highest BCUT2D eigenvalue weighted by atomic mass is 16.5. The molecule has 0 amide bonds. The van der Waals surface area contributed by atoms with Gasteiger partial charge >= 0.3 is 5.97 Å². The van der Waals surface area contributed by atoms with Gasteiger partial charge in [-0.3, -0.25) is 9.69 Å². The van der Waals surface area contributed by atoms with Gasteiger partial charge in [0.2, 0.25) is 0 Å². The molecule has 3 rings (SSSR count). The largest absolute Gasteiger partial charge is 0.497 e. The van der Waals surface area contributed by atoms with Gasteiger partial charge in [-0.05, 0) is 42.9 Å². The number of hydrogen-bond acceptors (Lipinski definition) is 3. The van der Waals surface area contributed by atoms with E-state index in [9.17, 15) is 9.90 Å². The van der Waals surface area contributed by atoms with Gasteiger partial charge in [-0.1, -0.05) is 25.0 Å². The fraction of sp³-hybridized carbons (Fsp3) is 0.588. The van der Waals surface area contributed by atoms with Crippen LogP contribution >= 0.6 is 0 Å². The summed E-state index contributed by atoms with van der Waals surface area (Å²) in [5.74, 6) is 0.738. The first-order chi connectivity index (χ1) is 10.2. The van der Waals surface area contributed by atoms with Crippen LogP contribution in [0.25, 0.3) is 0 Å². The zero-order valence-corrected chi connectivity index (χ0v) is 12.5. The predicted octanol–water partition coefficient (Wildman–Crippen LogP) is 2.91. The van der Waals surface area contributed by atoms with E-state index in [1.165, 1.54) is 19.3 Å². The molecule has 1 aliphatic carbocycles. The fourth-order valence-corrected chi connectivity index (χ4v) is 3.96. The van der Waals surface area contributed by atoms with Crippen molar-refractivity contribution in [3.8, 4) is 5.75 Å². The molecule has 0 spiro atoms. The lowest BCUT2D eigenvalue weighted by Gasteiger charge is -2.33. The van der Waals surface area contributed by atoms with Crippen molar-refractivity contribution in [2.45, 2.75) is 50.7 Å². The number of nitrogens with zero attached hydrogens (tertiary/aromatic N) is 1. The molecular weight excluding hydrogens is 266 g/mol. The van der Waals surface area contributed by atoms with E-state index in [1.807, 2.05) is 24.3 Å². The average molecular weight is 289 g/mol. The molecule has 0 bridgehead atoms. The molecule has 1 N–H and O–H groups in total. The third-order valence-corrected chi connectivity index (χ3v) is 5.03. The quantitative estimate of drug-likeness (QED) is 0.926. The van der Waals surface area contributed by atoms with E-state index in [0.717, 1.165) is 30.7 Å². The van der Waals surface area contributed by atoms with Gasteiger partial charge in [0.25, 0.3) is 0 Å². The Morgan fingerprint density at radius 2 is 2.00 bits per heavy atom. The number of aliphatic carboxylic acids is 1. The van der Waals surface area contributed by atoms with Crippen LogP contribution in [-0.4, -0.2) is 35.2 Å². The van der Waals surface area contributed by atoms with Crippen LogP contribution in [0.5, 0.6) is 5.75 Å². The van der Waals surface area contributed by atoms with Crippen molar-refractivity contribution in [3.63, 3.8) is 0 Å². The van der Waals surface area contributed by atoms with Crippen molar-refractivity contribution in [3.05, 3.63) is 29.8 Å². The molecule has 3 unspecified atom stereocenters. The molecule has 2 fully saturated rings. The molecule has 0 radical (unpaired) electrons. The van der Waals surface area contributed by atoms with Gasteiger partial charge in [0.1, 0.15) is 11.8 Å². The van der Waals surface area contributed by atoms with Crippen molar-refractivity contribution in [1.82, 2.24) is 4.90 Å². The highest BCUT2D eigenvalue weighted by molar-refractivity contribution is 5.74. The molecule has 3 atom stereocenters. The highest BCUT2D eigenvalue weighted by Gasteiger charge is 2.44.